The number of ether oxygens (including phenoxy) is 1. The molecule has 3 heteroatoms. The van der Waals surface area contributed by atoms with Gasteiger partial charge in [-0.1, -0.05) is 6.92 Å². The normalized spacial score (nSPS) is 37.2. The van der Waals surface area contributed by atoms with Gasteiger partial charge in [-0.3, -0.25) is 0 Å². The van der Waals surface area contributed by atoms with E-state index in [1.54, 1.807) is 0 Å². The van der Waals surface area contributed by atoms with E-state index in [0.29, 0.717) is 0 Å². The topological polar surface area (TPSA) is 9.23 Å². The van der Waals surface area contributed by atoms with Crippen LogP contribution in [0.3, 0.4) is 0 Å². The van der Waals surface area contributed by atoms with Crippen molar-refractivity contribution in [3.63, 3.8) is 0 Å². The molecule has 1 aliphatic heterocycles. The Balaban J connectivity index is 2.78. The molecule has 1 heterocycles. The first-order valence-corrected chi connectivity index (χ1v) is 3.25. The van der Waals surface area contributed by atoms with Crippen molar-refractivity contribution in [2.75, 3.05) is 0 Å². The number of allylic oxidation sites excluding steroid dienone is 1. The molecule has 0 N–H and O–H groups in total. The lowest BCUT2D eigenvalue weighted by atomic mass is 9.98. The summed E-state index contributed by atoms with van der Waals surface area (Å²) in [6.07, 6.45) is 1.72. The van der Waals surface area contributed by atoms with E-state index >= 15 is 0 Å². The van der Waals surface area contributed by atoms with E-state index < -0.39 is 17.9 Å². The Morgan fingerprint density at radius 2 is 2.00 bits per heavy atom. The number of alkyl halides is 2. The lowest BCUT2D eigenvalue weighted by molar-refractivity contribution is -0.139. The Kier molecular flexibility index (Phi) is 1.67. The highest BCUT2D eigenvalue weighted by Crippen LogP contribution is 2.33. The molecule has 0 aromatic carbocycles. The molecule has 0 bridgehead atoms. The fraction of sp³-hybridized carbons (Fsp3) is 0.714. The maximum atomic E-state index is 12.8. The largest absolute Gasteiger partial charge is 0.492 e. The van der Waals surface area contributed by atoms with Crippen LogP contribution in [0.5, 0.6) is 0 Å². The van der Waals surface area contributed by atoms with Crippen LogP contribution in [0.15, 0.2) is 12.3 Å². The standard InChI is InChI=1S/C7H10F2O/c1-5-3-4-10-6(2)7(5,8)9/h3-6H,1-2H3. The van der Waals surface area contributed by atoms with E-state index in [9.17, 15) is 8.78 Å². The van der Waals surface area contributed by atoms with Crippen LogP contribution in [-0.2, 0) is 4.74 Å². The van der Waals surface area contributed by atoms with Gasteiger partial charge in [0, 0.05) is 5.92 Å². The maximum Gasteiger partial charge on any atom is 0.289 e. The van der Waals surface area contributed by atoms with Crippen molar-refractivity contribution < 1.29 is 13.5 Å². The molecule has 1 nitrogen and oxygen atoms in total. The smallest absolute Gasteiger partial charge is 0.289 e. The molecule has 2 unspecified atom stereocenters. The summed E-state index contributed by atoms with van der Waals surface area (Å²) in [6.45, 7) is 2.86. The van der Waals surface area contributed by atoms with Gasteiger partial charge in [0.15, 0.2) is 6.10 Å². The predicted molar refractivity (Wildman–Crippen MR) is 33.8 cm³/mol. The summed E-state index contributed by atoms with van der Waals surface area (Å²) in [5.41, 5.74) is 0. The van der Waals surface area contributed by atoms with Crippen molar-refractivity contribution in [2.24, 2.45) is 5.92 Å². The lowest BCUT2D eigenvalue weighted by Gasteiger charge is -2.30. The third-order valence-corrected chi connectivity index (χ3v) is 1.80. The van der Waals surface area contributed by atoms with Gasteiger partial charge in [-0.2, -0.15) is 0 Å². The molecule has 0 saturated carbocycles. The number of halogens is 2. The zero-order valence-electron chi connectivity index (χ0n) is 5.97. The fourth-order valence-electron chi connectivity index (χ4n) is 0.870. The van der Waals surface area contributed by atoms with Gasteiger partial charge in [0.1, 0.15) is 0 Å². The van der Waals surface area contributed by atoms with E-state index in [0.717, 1.165) is 0 Å². The second kappa shape index (κ2) is 2.22. The molecule has 0 aliphatic carbocycles. The summed E-state index contributed by atoms with van der Waals surface area (Å²) in [5, 5.41) is 0. The van der Waals surface area contributed by atoms with Gasteiger partial charge < -0.3 is 4.74 Å². The number of hydrogen-bond donors (Lipinski definition) is 0. The minimum Gasteiger partial charge on any atom is -0.492 e. The second-order valence-electron chi connectivity index (χ2n) is 2.57. The van der Waals surface area contributed by atoms with Gasteiger partial charge in [-0.15, -0.1) is 0 Å². The quantitative estimate of drug-likeness (QED) is 0.511. The molecule has 0 aromatic heterocycles. The number of hydrogen-bond acceptors (Lipinski definition) is 1. The van der Waals surface area contributed by atoms with Crippen molar-refractivity contribution in [3.05, 3.63) is 12.3 Å². The summed E-state index contributed by atoms with van der Waals surface area (Å²) in [7, 11) is 0. The van der Waals surface area contributed by atoms with Gasteiger partial charge in [0.25, 0.3) is 5.92 Å². The average molecular weight is 148 g/mol. The van der Waals surface area contributed by atoms with Gasteiger partial charge >= 0.3 is 0 Å². The van der Waals surface area contributed by atoms with E-state index in [4.69, 9.17) is 0 Å². The molecule has 58 valence electrons. The molecule has 0 amide bonds. The highest BCUT2D eigenvalue weighted by atomic mass is 19.3. The molecular formula is C7H10F2O. The molecule has 2 atom stereocenters. The van der Waals surface area contributed by atoms with Gasteiger partial charge in [-0.05, 0) is 13.0 Å². The van der Waals surface area contributed by atoms with Crippen molar-refractivity contribution in [2.45, 2.75) is 25.9 Å². The first kappa shape index (κ1) is 7.51. The molecule has 0 fully saturated rings. The molecule has 1 aliphatic rings. The summed E-state index contributed by atoms with van der Waals surface area (Å²) in [4.78, 5) is 0. The van der Waals surface area contributed by atoms with Crippen LogP contribution in [0.4, 0.5) is 8.78 Å². The third-order valence-electron chi connectivity index (χ3n) is 1.80. The van der Waals surface area contributed by atoms with Crippen LogP contribution >= 0.6 is 0 Å². The summed E-state index contributed by atoms with van der Waals surface area (Å²) < 4.78 is 30.3. The van der Waals surface area contributed by atoms with Gasteiger partial charge in [0.05, 0.1) is 6.26 Å². The molecule has 0 saturated heterocycles. The van der Waals surface area contributed by atoms with Crippen molar-refractivity contribution >= 4 is 0 Å². The van der Waals surface area contributed by atoms with Crippen LogP contribution in [0.25, 0.3) is 0 Å². The van der Waals surface area contributed by atoms with Crippen LogP contribution in [0, 0.1) is 5.92 Å². The van der Waals surface area contributed by atoms with Crippen molar-refractivity contribution in [3.8, 4) is 0 Å². The monoisotopic (exact) mass is 148 g/mol. The Labute approximate surface area is 58.7 Å². The zero-order valence-corrected chi connectivity index (χ0v) is 5.97. The maximum absolute atomic E-state index is 12.8. The first-order chi connectivity index (χ1) is 4.55. The average Bonchev–Trinajstić information content (AvgIpc) is 1.84. The van der Waals surface area contributed by atoms with E-state index in [1.807, 2.05) is 0 Å². The fourth-order valence-corrected chi connectivity index (χ4v) is 0.870. The highest BCUT2D eigenvalue weighted by Gasteiger charge is 2.44. The number of rotatable bonds is 0. The Hall–Kier alpha value is -0.600. The predicted octanol–water partition coefficient (Wildman–Crippen LogP) is 2.19. The van der Waals surface area contributed by atoms with Crippen LogP contribution in [0.2, 0.25) is 0 Å². The zero-order chi connectivity index (χ0) is 7.78. The van der Waals surface area contributed by atoms with Gasteiger partial charge in [-0.25, -0.2) is 8.78 Å². The Morgan fingerprint density at radius 1 is 1.40 bits per heavy atom. The first-order valence-electron chi connectivity index (χ1n) is 3.25. The van der Waals surface area contributed by atoms with Crippen LogP contribution in [-0.4, -0.2) is 12.0 Å². The summed E-state index contributed by atoms with van der Waals surface area (Å²) >= 11 is 0. The molecule has 10 heavy (non-hydrogen) atoms. The van der Waals surface area contributed by atoms with Crippen molar-refractivity contribution in [1.82, 2.24) is 0 Å². The summed E-state index contributed by atoms with van der Waals surface area (Å²) in [6, 6.07) is 0. The lowest BCUT2D eigenvalue weighted by Crippen LogP contribution is -2.40. The minimum absolute atomic E-state index is 0.712. The third kappa shape index (κ3) is 1.00. The van der Waals surface area contributed by atoms with E-state index in [1.165, 1.54) is 26.2 Å². The van der Waals surface area contributed by atoms with Crippen LogP contribution in [0.1, 0.15) is 13.8 Å². The molecule has 0 spiro atoms. The molecular weight excluding hydrogens is 138 g/mol. The second-order valence-corrected chi connectivity index (χ2v) is 2.57. The van der Waals surface area contributed by atoms with Crippen LogP contribution < -0.4 is 0 Å². The minimum atomic E-state index is -2.71. The van der Waals surface area contributed by atoms with Crippen molar-refractivity contribution in [1.29, 1.82) is 0 Å². The molecule has 0 radical (unpaired) electrons. The van der Waals surface area contributed by atoms with Gasteiger partial charge in [0.2, 0.25) is 0 Å². The Morgan fingerprint density at radius 3 is 2.40 bits per heavy atom. The highest BCUT2D eigenvalue weighted by molar-refractivity contribution is 4.97. The van der Waals surface area contributed by atoms with E-state index in [2.05, 4.69) is 4.74 Å². The SMILES string of the molecule is CC1C=COC(C)C1(F)F. The Bertz CT molecular complexity index is 154. The molecule has 0 aromatic rings. The molecule has 1 rings (SSSR count). The summed E-state index contributed by atoms with van der Waals surface area (Å²) in [5.74, 6) is -3.43. The van der Waals surface area contributed by atoms with E-state index in [-0.39, 0.29) is 0 Å².